The minimum Gasteiger partial charge on any atom is -0.313 e. The molecule has 2 N–H and O–H groups in total. The van der Waals surface area contributed by atoms with Crippen molar-refractivity contribution in [3.05, 3.63) is 70.0 Å². The van der Waals surface area contributed by atoms with Crippen LogP contribution in [-0.2, 0) is 16.6 Å². The Labute approximate surface area is 246 Å². The van der Waals surface area contributed by atoms with Gasteiger partial charge in [-0.05, 0) is 114 Å². The number of nitrogens with zero attached hydrogens (tertiary/aromatic N) is 2. The molecule has 9 heteroatoms. The Morgan fingerprint density at radius 2 is 1.71 bits per heavy atom. The lowest BCUT2D eigenvalue weighted by molar-refractivity contribution is -0.112. The molecule has 0 bridgehead atoms. The minimum atomic E-state index is -0.986. The number of hydrogen-bond donors (Lipinski definition) is 2. The maximum Gasteiger partial charge on any atom is 0.180 e. The molecule has 0 spiro atoms. The number of carbonyl (C=O) groups is 1. The van der Waals surface area contributed by atoms with Gasteiger partial charge in [0.25, 0.3) is 0 Å². The Morgan fingerprint density at radius 1 is 0.976 bits per heavy atom. The van der Waals surface area contributed by atoms with Crippen molar-refractivity contribution >= 4 is 29.3 Å². The summed E-state index contributed by atoms with van der Waals surface area (Å²) in [7, 11) is 0. The number of benzene rings is 2. The maximum absolute atomic E-state index is 14.5. The topological polar surface area (TPSA) is 71.2 Å². The highest BCUT2D eigenvalue weighted by Gasteiger charge is 2.36. The van der Waals surface area contributed by atoms with E-state index in [-0.39, 0.29) is 29.1 Å². The Bertz CT molecular complexity index is 1210. The average Bonchev–Trinajstić information content (AvgIpc) is 2.98. The molecule has 0 aliphatic carbocycles. The standard InChI is InChI=1S/C32H40ClF3N4O/c33-26-6-4-7-27(34)25(26)21-31(41)30(38)22-32(12-5-14-37,23-8-9-28(35)29(36)20-23)13-19-39-17-10-24(11-18-39)40-15-2-1-3-16-40/h4,6-9,14,20,24,37-38H,1-3,5,10-13,15-19,21-22H2/t32-/m0/s1. The van der Waals surface area contributed by atoms with Gasteiger partial charge in [-0.15, -0.1) is 0 Å². The van der Waals surface area contributed by atoms with Crippen molar-refractivity contribution in [1.29, 1.82) is 10.8 Å². The van der Waals surface area contributed by atoms with Crippen LogP contribution in [0, 0.1) is 28.3 Å². The van der Waals surface area contributed by atoms with Gasteiger partial charge in [0.05, 0.1) is 5.71 Å². The molecule has 2 heterocycles. The highest BCUT2D eigenvalue weighted by atomic mass is 35.5. The molecular weight excluding hydrogens is 549 g/mol. The van der Waals surface area contributed by atoms with Crippen LogP contribution in [0.15, 0.2) is 36.4 Å². The molecular formula is C32H40ClF3N4O. The number of carbonyl (C=O) groups excluding carboxylic acids is 1. The van der Waals surface area contributed by atoms with E-state index in [9.17, 15) is 18.0 Å². The van der Waals surface area contributed by atoms with Crippen molar-refractivity contribution in [2.24, 2.45) is 0 Å². The van der Waals surface area contributed by atoms with Gasteiger partial charge in [-0.3, -0.25) is 4.79 Å². The first-order valence-electron chi connectivity index (χ1n) is 14.7. The van der Waals surface area contributed by atoms with Crippen LogP contribution in [0.3, 0.4) is 0 Å². The number of halogens is 4. The number of ketones is 1. The fourth-order valence-corrected chi connectivity index (χ4v) is 6.67. The maximum atomic E-state index is 14.5. The van der Waals surface area contributed by atoms with E-state index in [0.717, 1.165) is 38.1 Å². The largest absolute Gasteiger partial charge is 0.313 e. The van der Waals surface area contributed by atoms with E-state index in [1.54, 1.807) is 0 Å². The van der Waals surface area contributed by atoms with Crippen LogP contribution in [0.25, 0.3) is 0 Å². The summed E-state index contributed by atoms with van der Waals surface area (Å²) in [6, 6.07) is 8.54. The van der Waals surface area contributed by atoms with Crippen LogP contribution in [-0.4, -0.2) is 66.3 Å². The van der Waals surface area contributed by atoms with E-state index in [1.807, 2.05) is 0 Å². The molecule has 4 rings (SSSR count). The molecule has 5 nitrogen and oxygen atoms in total. The van der Waals surface area contributed by atoms with E-state index in [1.165, 1.54) is 62.8 Å². The van der Waals surface area contributed by atoms with Gasteiger partial charge in [0, 0.05) is 34.9 Å². The van der Waals surface area contributed by atoms with E-state index >= 15 is 0 Å². The SMILES string of the molecule is N=CCC[C@](CCN1CCC(N2CCCCC2)CC1)(CC(=N)C(=O)Cc1c(F)cccc1Cl)c1ccc(F)c(F)c1. The number of piperidine rings is 2. The Balaban J connectivity index is 1.52. The van der Waals surface area contributed by atoms with Crippen LogP contribution in [0.4, 0.5) is 13.2 Å². The van der Waals surface area contributed by atoms with Gasteiger partial charge in [-0.25, -0.2) is 13.2 Å². The predicted molar refractivity (Wildman–Crippen MR) is 158 cm³/mol. The van der Waals surface area contributed by atoms with E-state index in [2.05, 4.69) is 9.80 Å². The Hall–Kier alpha value is -2.55. The van der Waals surface area contributed by atoms with Crippen LogP contribution in [0.5, 0.6) is 0 Å². The third-order valence-corrected chi connectivity index (χ3v) is 9.27. The van der Waals surface area contributed by atoms with Crippen molar-refractivity contribution in [1.82, 2.24) is 9.80 Å². The van der Waals surface area contributed by atoms with Gasteiger partial charge < -0.3 is 20.6 Å². The molecule has 2 aromatic rings. The number of hydrogen-bond acceptors (Lipinski definition) is 5. The molecule has 1 atom stereocenters. The van der Waals surface area contributed by atoms with E-state index in [4.69, 9.17) is 22.4 Å². The third-order valence-electron chi connectivity index (χ3n) is 8.92. The van der Waals surface area contributed by atoms with Gasteiger partial charge >= 0.3 is 0 Å². The Morgan fingerprint density at radius 3 is 2.37 bits per heavy atom. The average molecular weight is 589 g/mol. The molecule has 2 aromatic carbocycles. The van der Waals surface area contributed by atoms with Gasteiger partial charge in [-0.2, -0.15) is 0 Å². The van der Waals surface area contributed by atoms with Crippen molar-refractivity contribution in [3.8, 4) is 0 Å². The van der Waals surface area contributed by atoms with E-state index in [0.29, 0.717) is 37.4 Å². The summed E-state index contributed by atoms with van der Waals surface area (Å²) in [5.41, 5.74) is -0.550. The number of rotatable bonds is 13. The lowest BCUT2D eigenvalue weighted by atomic mass is 9.69. The third kappa shape index (κ3) is 8.05. The minimum absolute atomic E-state index is 0.0267. The van der Waals surface area contributed by atoms with Crippen LogP contribution in [0.2, 0.25) is 5.02 Å². The van der Waals surface area contributed by atoms with Gasteiger partial charge in [0.1, 0.15) is 5.82 Å². The molecule has 41 heavy (non-hydrogen) atoms. The fourth-order valence-electron chi connectivity index (χ4n) is 6.44. The lowest BCUT2D eigenvalue weighted by Gasteiger charge is -2.42. The summed E-state index contributed by atoms with van der Waals surface area (Å²) >= 11 is 6.13. The molecule has 2 aliphatic rings. The zero-order valence-electron chi connectivity index (χ0n) is 23.5. The van der Waals surface area contributed by atoms with Crippen LogP contribution in [0.1, 0.15) is 68.9 Å². The first-order chi connectivity index (χ1) is 19.7. The fraction of sp³-hybridized carbons (Fsp3) is 0.531. The zero-order valence-corrected chi connectivity index (χ0v) is 24.3. The van der Waals surface area contributed by atoms with Crippen molar-refractivity contribution in [2.75, 3.05) is 32.7 Å². The summed E-state index contributed by atoms with van der Waals surface area (Å²) in [4.78, 5) is 18.2. The predicted octanol–water partition coefficient (Wildman–Crippen LogP) is 6.99. The monoisotopic (exact) mass is 588 g/mol. The van der Waals surface area contributed by atoms with E-state index < -0.39 is 28.6 Å². The van der Waals surface area contributed by atoms with Crippen LogP contribution < -0.4 is 0 Å². The quantitative estimate of drug-likeness (QED) is 0.248. The molecule has 2 aliphatic heterocycles. The normalized spacial score (nSPS) is 18.6. The second kappa shape index (κ2) is 14.6. The van der Waals surface area contributed by atoms with Crippen molar-refractivity contribution in [2.45, 2.75) is 75.7 Å². The second-order valence-electron chi connectivity index (χ2n) is 11.5. The highest BCUT2D eigenvalue weighted by Crippen LogP contribution is 2.39. The first-order valence-corrected chi connectivity index (χ1v) is 15.0. The summed E-state index contributed by atoms with van der Waals surface area (Å²) < 4.78 is 42.8. The van der Waals surface area contributed by atoms with Crippen molar-refractivity contribution < 1.29 is 18.0 Å². The van der Waals surface area contributed by atoms with Crippen LogP contribution >= 0.6 is 11.6 Å². The molecule has 2 saturated heterocycles. The van der Waals surface area contributed by atoms with Gasteiger partial charge in [0.2, 0.25) is 0 Å². The highest BCUT2D eigenvalue weighted by molar-refractivity contribution is 6.40. The Kier molecular flexibility index (Phi) is 11.1. The summed E-state index contributed by atoms with van der Waals surface area (Å²) in [5.74, 6) is -3.13. The number of nitrogens with one attached hydrogen (secondary N) is 2. The lowest BCUT2D eigenvalue weighted by Crippen LogP contribution is -2.47. The molecule has 0 radical (unpaired) electrons. The molecule has 0 unspecified atom stereocenters. The van der Waals surface area contributed by atoms with Gasteiger partial charge in [-0.1, -0.05) is 30.2 Å². The summed E-state index contributed by atoms with van der Waals surface area (Å²) in [6.45, 7) is 4.87. The molecule has 0 aromatic heterocycles. The molecule has 0 amide bonds. The van der Waals surface area contributed by atoms with Gasteiger partial charge in [0.15, 0.2) is 17.4 Å². The summed E-state index contributed by atoms with van der Waals surface area (Å²) in [5, 5.41) is 16.5. The number of likely N-dealkylation sites (tertiary alicyclic amines) is 2. The summed E-state index contributed by atoms with van der Waals surface area (Å²) in [6.07, 6.45) is 8.14. The number of Topliss-reactive ketones (excluding diaryl/α,β-unsaturated/α-hetero) is 1. The first kappa shape index (κ1) is 31.4. The molecule has 222 valence electrons. The molecule has 2 fully saturated rings. The van der Waals surface area contributed by atoms with Crippen molar-refractivity contribution in [3.63, 3.8) is 0 Å². The smallest absolute Gasteiger partial charge is 0.180 e. The zero-order chi connectivity index (χ0) is 29.4. The second-order valence-corrected chi connectivity index (χ2v) is 11.9. The molecule has 0 saturated carbocycles.